The highest BCUT2D eigenvalue weighted by molar-refractivity contribution is 7.81. The Kier molecular flexibility index (Phi) is 5.67. The van der Waals surface area contributed by atoms with Gasteiger partial charge in [-0.25, -0.2) is 0 Å². The number of carbonyl (C=O) groups is 2. The first-order valence-electron chi connectivity index (χ1n) is 10.6. The second kappa shape index (κ2) is 7.81. The van der Waals surface area contributed by atoms with Gasteiger partial charge in [0.05, 0.1) is 0 Å². The summed E-state index contributed by atoms with van der Waals surface area (Å²) in [6.45, 7) is 3.61. The Morgan fingerprint density at radius 1 is 1.17 bits per heavy atom. The molecule has 29 heavy (non-hydrogen) atoms. The normalized spacial score (nSPS) is 32.8. The average molecular weight is 436 g/mol. The molecule has 2 unspecified atom stereocenters. The van der Waals surface area contributed by atoms with Gasteiger partial charge in [-0.15, -0.1) is 0 Å². The highest BCUT2D eigenvalue weighted by Crippen LogP contribution is 2.61. The van der Waals surface area contributed by atoms with Gasteiger partial charge >= 0.3 is 0 Å². The maximum atomic E-state index is 13.1. The lowest BCUT2D eigenvalue weighted by atomic mass is 9.47. The van der Waals surface area contributed by atoms with Gasteiger partial charge in [0.15, 0.2) is 5.60 Å². The smallest absolute Gasteiger partial charge is 0.263 e. The Morgan fingerprint density at radius 3 is 2.38 bits per heavy atom. The Balaban J connectivity index is 1.43. The lowest BCUT2D eigenvalue weighted by Gasteiger charge is -2.60. The van der Waals surface area contributed by atoms with E-state index in [2.05, 4.69) is 17.9 Å². The van der Waals surface area contributed by atoms with Crippen molar-refractivity contribution < 1.29 is 14.3 Å². The number of amides is 1. The molecule has 4 saturated carbocycles. The van der Waals surface area contributed by atoms with Crippen molar-refractivity contribution in [2.24, 2.45) is 23.2 Å². The maximum Gasteiger partial charge on any atom is 0.263 e. The number of benzene rings is 1. The van der Waals surface area contributed by atoms with Crippen LogP contribution in [0.25, 0.3) is 0 Å². The van der Waals surface area contributed by atoms with E-state index in [1.54, 1.807) is 38.1 Å². The average Bonchev–Trinajstić information content (AvgIpc) is 2.65. The van der Waals surface area contributed by atoms with E-state index in [0.29, 0.717) is 40.7 Å². The van der Waals surface area contributed by atoms with E-state index >= 15 is 0 Å². The molecule has 0 radical (unpaired) electrons. The van der Waals surface area contributed by atoms with E-state index in [-0.39, 0.29) is 23.1 Å². The molecule has 4 nitrogen and oxygen atoms in total. The van der Waals surface area contributed by atoms with Crippen LogP contribution in [0.2, 0.25) is 5.02 Å². The van der Waals surface area contributed by atoms with E-state index in [4.69, 9.17) is 16.3 Å². The fraction of sp³-hybridized carbons (Fsp3) is 0.652. The lowest BCUT2D eigenvalue weighted by molar-refractivity contribution is -0.142. The fourth-order valence-electron chi connectivity index (χ4n) is 6.29. The van der Waals surface area contributed by atoms with Gasteiger partial charge in [-0.2, -0.15) is 12.6 Å². The minimum atomic E-state index is -0.970. The lowest BCUT2D eigenvalue weighted by Crippen LogP contribution is -2.62. The Morgan fingerprint density at radius 2 is 1.79 bits per heavy atom. The van der Waals surface area contributed by atoms with Crippen LogP contribution in [-0.2, 0) is 9.59 Å². The van der Waals surface area contributed by atoms with E-state index in [1.165, 1.54) is 6.42 Å². The minimum Gasteiger partial charge on any atom is -0.478 e. The van der Waals surface area contributed by atoms with Crippen LogP contribution in [-0.4, -0.2) is 29.1 Å². The molecule has 4 aliphatic rings. The van der Waals surface area contributed by atoms with Crippen molar-refractivity contribution in [3.63, 3.8) is 0 Å². The first-order chi connectivity index (χ1) is 13.7. The van der Waals surface area contributed by atoms with Gasteiger partial charge < -0.3 is 10.1 Å². The molecule has 6 heteroatoms. The molecule has 0 saturated heterocycles. The zero-order valence-electron chi connectivity index (χ0n) is 17.1. The molecule has 4 aliphatic carbocycles. The molecule has 1 amide bonds. The van der Waals surface area contributed by atoms with Crippen LogP contribution in [0.5, 0.6) is 5.75 Å². The zero-order chi connectivity index (χ0) is 20.8. The molecule has 1 aromatic carbocycles. The van der Waals surface area contributed by atoms with Gasteiger partial charge in [0.25, 0.3) is 5.91 Å². The van der Waals surface area contributed by atoms with Gasteiger partial charge in [-0.05, 0) is 93.4 Å². The Bertz CT molecular complexity index is 778. The molecule has 1 N–H and O–H groups in total. The first-order valence-corrected chi connectivity index (χ1v) is 11.6. The number of nitrogens with one attached hydrogen (secondary N) is 1. The van der Waals surface area contributed by atoms with Crippen molar-refractivity contribution in [1.29, 1.82) is 0 Å². The number of ketones is 1. The second-order valence-corrected chi connectivity index (χ2v) is 10.7. The second-order valence-electron chi connectivity index (χ2n) is 9.91. The number of halogens is 1. The summed E-state index contributed by atoms with van der Waals surface area (Å²) in [5.41, 5.74) is -0.824. The van der Waals surface area contributed by atoms with Crippen LogP contribution in [0.15, 0.2) is 24.3 Å². The first kappa shape index (κ1) is 21.0. The molecule has 0 heterocycles. The number of ether oxygens (including phenoxy) is 1. The topological polar surface area (TPSA) is 55.4 Å². The molecule has 0 aromatic heterocycles. The third-order valence-electron chi connectivity index (χ3n) is 7.18. The third-order valence-corrected chi connectivity index (χ3v) is 7.78. The van der Waals surface area contributed by atoms with Crippen LogP contribution in [0.1, 0.15) is 52.4 Å². The van der Waals surface area contributed by atoms with Crippen molar-refractivity contribution in [2.45, 2.75) is 64.0 Å². The third kappa shape index (κ3) is 4.32. The molecule has 1 aromatic rings. The number of carbonyl (C=O) groups excluding carboxylic acids is 2. The minimum absolute atomic E-state index is 0.0783. The quantitative estimate of drug-likeness (QED) is 0.610. The summed E-state index contributed by atoms with van der Waals surface area (Å²) in [5.74, 6) is 2.76. The predicted octanol–water partition coefficient (Wildman–Crippen LogP) is 4.70. The van der Waals surface area contributed by atoms with Crippen molar-refractivity contribution in [2.75, 3.05) is 5.75 Å². The standard InChI is InChI=1S/C23H30ClNO3S/c1-22(2,28-19-5-3-17(24)4-6-19)21(27)25-20-15-7-14-8-16(20)11-23(9-14,10-15)12-18(26)13-29/h3-6,14-16,20,29H,7-13H2,1-2H3,(H,25,27). The molecular weight excluding hydrogens is 406 g/mol. The number of Topliss-reactive ketones (excluding diaryl/α,β-unsaturated/α-hetero) is 1. The molecule has 158 valence electrons. The maximum absolute atomic E-state index is 13.1. The summed E-state index contributed by atoms with van der Waals surface area (Å²) < 4.78 is 5.98. The van der Waals surface area contributed by atoms with Crippen LogP contribution >= 0.6 is 24.2 Å². The summed E-state index contributed by atoms with van der Waals surface area (Å²) in [6, 6.07) is 7.26. The van der Waals surface area contributed by atoms with E-state index in [9.17, 15) is 9.59 Å². The van der Waals surface area contributed by atoms with E-state index in [1.807, 2.05) is 0 Å². The zero-order valence-corrected chi connectivity index (χ0v) is 18.8. The summed E-state index contributed by atoms with van der Waals surface area (Å²) in [5, 5.41) is 3.97. The van der Waals surface area contributed by atoms with E-state index in [0.717, 1.165) is 25.7 Å². The Hall–Kier alpha value is -1.20. The van der Waals surface area contributed by atoms with E-state index < -0.39 is 5.60 Å². The molecule has 5 rings (SSSR count). The largest absolute Gasteiger partial charge is 0.478 e. The number of hydrogen-bond donors (Lipinski definition) is 2. The van der Waals surface area contributed by atoms with Gasteiger partial charge in [0.1, 0.15) is 11.5 Å². The number of thiol groups is 1. The van der Waals surface area contributed by atoms with Crippen molar-refractivity contribution in [1.82, 2.24) is 5.32 Å². The molecule has 4 bridgehead atoms. The van der Waals surface area contributed by atoms with Gasteiger partial charge in [0, 0.05) is 23.2 Å². The van der Waals surface area contributed by atoms with Crippen LogP contribution in [0.3, 0.4) is 0 Å². The SMILES string of the molecule is CC(C)(Oc1ccc(Cl)cc1)C(=O)NC1C2CC3CC1CC(CC(=O)CS)(C3)C2. The number of hydrogen-bond acceptors (Lipinski definition) is 4. The molecule has 0 aliphatic heterocycles. The molecule has 0 spiro atoms. The molecule has 4 fully saturated rings. The summed E-state index contributed by atoms with van der Waals surface area (Å²) in [7, 11) is 0. The van der Waals surface area contributed by atoms with Crippen LogP contribution in [0, 0.1) is 23.2 Å². The van der Waals surface area contributed by atoms with Crippen molar-refractivity contribution >= 4 is 35.9 Å². The summed E-state index contributed by atoms with van der Waals surface area (Å²) in [6.07, 6.45) is 6.25. The monoisotopic (exact) mass is 435 g/mol. The highest BCUT2D eigenvalue weighted by Gasteiger charge is 2.56. The summed E-state index contributed by atoms with van der Waals surface area (Å²) in [4.78, 5) is 25.2. The highest BCUT2D eigenvalue weighted by atomic mass is 35.5. The Labute approximate surface area is 183 Å². The molecule has 2 atom stereocenters. The van der Waals surface area contributed by atoms with Crippen LogP contribution < -0.4 is 10.1 Å². The van der Waals surface area contributed by atoms with Crippen LogP contribution in [0.4, 0.5) is 0 Å². The molecular formula is C23H30ClNO3S. The van der Waals surface area contributed by atoms with Crippen molar-refractivity contribution in [3.05, 3.63) is 29.3 Å². The van der Waals surface area contributed by atoms with Gasteiger partial charge in [-0.3, -0.25) is 9.59 Å². The summed E-state index contributed by atoms with van der Waals surface area (Å²) >= 11 is 10.1. The number of rotatable bonds is 7. The van der Waals surface area contributed by atoms with Gasteiger partial charge in [-0.1, -0.05) is 11.6 Å². The van der Waals surface area contributed by atoms with Gasteiger partial charge in [0.2, 0.25) is 0 Å². The van der Waals surface area contributed by atoms with Crippen molar-refractivity contribution in [3.8, 4) is 5.75 Å². The fourth-order valence-corrected chi connectivity index (χ4v) is 6.53. The predicted molar refractivity (Wildman–Crippen MR) is 118 cm³/mol.